The highest BCUT2D eigenvalue weighted by atomic mass is 16.7. The first-order valence-electron chi connectivity index (χ1n) is 12.1. The van der Waals surface area contributed by atoms with Gasteiger partial charge in [0.2, 0.25) is 18.6 Å². The molecule has 1 N–H and O–H groups in total. The van der Waals surface area contributed by atoms with Crippen LogP contribution in [-0.4, -0.2) is 35.6 Å². The third kappa shape index (κ3) is 5.86. The van der Waals surface area contributed by atoms with E-state index in [0.717, 1.165) is 48.3 Å². The standard InChI is InChI=1S/C27H34N2O4/c1-3-23(27(31)28-22-6-4-5-7-22)29(17-21-10-8-19(2)9-11-21)26(30)15-13-20-12-14-24-25(16-20)33-18-32-24/h8-12,14,16,22-23H,3-7,13,15,17-18H2,1-2H3,(H,28,31). The van der Waals surface area contributed by atoms with Crippen LogP contribution in [0.3, 0.4) is 0 Å². The van der Waals surface area contributed by atoms with Gasteiger partial charge in [-0.15, -0.1) is 0 Å². The molecule has 176 valence electrons. The van der Waals surface area contributed by atoms with Crippen molar-refractivity contribution in [2.24, 2.45) is 0 Å². The molecule has 6 heteroatoms. The lowest BCUT2D eigenvalue weighted by Gasteiger charge is -2.31. The summed E-state index contributed by atoms with van der Waals surface area (Å²) in [6.07, 6.45) is 5.86. The normalized spacial score (nSPS) is 15.9. The fourth-order valence-electron chi connectivity index (χ4n) is 4.67. The van der Waals surface area contributed by atoms with Crippen LogP contribution in [0.15, 0.2) is 42.5 Å². The summed E-state index contributed by atoms with van der Waals surface area (Å²) in [6, 6.07) is 13.7. The zero-order valence-electron chi connectivity index (χ0n) is 19.6. The van der Waals surface area contributed by atoms with Crippen molar-refractivity contribution in [3.63, 3.8) is 0 Å². The summed E-state index contributed by atoms with van der Waals surface area (Å²) in [4.78, 5) is 28.4. The fourth-order valence-corrected chi connectivity index (χ4v) is 4.67. The molecule has 1 unspecified atom stereocenters. The van der Waals surface area contributed by atoms with Gasteiger partial charge >= 0.3 is 0 Å². The summed E-state index contributed by atoms with van der Waals surface area (Å²) in [6.45, 7) is 4.68. The zero-order valence-corrected chi connectivity index (χ0v) is 19.6. The quantitative estimate of drug-likeness (QED) is 0.610. The lowest BCUT2D eigenvalue weighted by Crippen LogP contribution is -2.51. The highest BCUT2D eigenvalue weighted by Crippen LogP contribution is 2.33. The van der Waals surface area contributed by atoms with Gasteiger partial charge in [0.25, 0.3) is 0 Å². The van der Waals surface area contributed by atoms with Crippen molar-refractivity contribution in [3.05, 3.63) is 59.2 Å². The van der Waals surface area contributed by atoms with Crippen molar-refractivity contribution >= 4 is 11.8 Å². The van der Waals surface area contributed by atoms with Gasteiger partial charge in [0.1, 0.15) is 6.04 Å². The summed E-state index contributed by atoms with van der Waals surface area (Å²) in [5.74, 6) is 1.41. The molecule has 0 saturated heterocycles. The van der Waals surface area contributed by atoms with E-state index in [1.54, 1.807) is 4.90 Å². The molecule has 0 aromatic heterocycles. The molecule has 0 radical (unpaired) electrons. The van der Waals surface area contributed by atoms with Crippen LogP contribution in [0.25, 0.3) is 0 Å². The van der Waals surface area contributed by atoms with Gasteiger partial charge in [0, 0.05) is 19.0 Å². The number of hydrogen-bond donors (Lipinski definition) is 1. The lowest BCUT2D eigenvalue weighted by atomic mass is 10.0. The molecule has 1 fully saturated rings. The van der Waals surface area contributed by atoms with Gasteiger partial charge in [-0.3, -0.25) is 9.59 Å². The second-order valence-corrected chi connectivity index (χ2v) is 9.11. The summed E-state index contributed by atoms with van der Waals surface area (Å²) < 4.78 is 10.8. The fraction of sp³-hybridized carbons (Fsp3) is 0.481. The van der Waals surface area contributed by atoms with Crippen LogP contribution in [0.1, 0.15) is 62.1 Å². The number of nitrogens with one attached hydrogen (secondary N) is 1. The topological polar surface area (TPSA) is 67.9 Å². The van der Waals surface area contributed by atoms with E-state index < -0.39 is 6.04 Å². The minimum atomic E-state index is -0.476. The highest BCUT2D eigenvalue weighted by molar-refractivity contribution is 5.88. The minimum absolute atomic E-state index is 0.0123. The average Bonchev–Trinajstić information content (AvgIpc) is 3.50. The molecule has 1 aliphatic heterocycles. The summed E-state index contributed by atoms with van der Waals surface area (Å²) in [7, 11) is 0. The third-order valence-corrected chi connectivity index (χ3v) is 6.63. The number of amides is 2. The van der Waals surface area contributed by atoms with Crippen LogP contribution in [0, 0.1) is 6.92 Å². The number of benzene rings is 2. The Morgan fingerprint density at radius 3 is 2.45 bits per heavy atom. The number of hydrogen-bond acceptors (Lipinski definition) is 4. The van der Waals surface area contributed by atoms with E-state index in [1.165, 1.54) is 5.56 Å². The molecule has 4 rings (SSSR count). The maximum atomic E-state index is 13.5. The van der Waals surface area contributed by atoms with E-state index in [1.807, 2.05) is 56.3 Å². The first-order valence-corrected chi connectivity index (χ1v) is 12.1. The van der Waals surface area contributed by atoms with Crippen LogP contribution < -0.4 is 14.8 Å². The average molecular weight is 451 g/mol. The minimum Gasteiger partial charge on any atom is -0.454 e. The monoisotopic (exact) mass is 450 g/mol. The van der Waals surface area contributed by atoms with Crippen LogP contribution in [0.2, 0.25) is 0 Å². The Kier molecular flexibility index (Phi) is 7.53. The number of carbonyl (C=O) groups is 2. The molecule has 1 aliphatic carbocycles. The summed E-state index contributed by atoms with van der Waals surface area (Å²) in [5.41, 5.74) is 3.22. The van der Waals surface area contributed by atoms with E-state index in [9.17, 15) is 9.59 Å². The predicted octanol–water partition coefficient (Wildman–Crippen LogP) is 4.52. The summed E-state index contributed by atoms with van der Waals surface area (Å²) in [5, 5.41) is 3.20. The van der Waals surface area contributed by atoms with Crippen LogP contribution in [0.5, 0.6) is 11.5 Å². The van der Waals surface area contributed by atoms with Crippen molar-refractivity contribution in [3.8, 4) is 11.5 Å². The molecule has 2 aromatic carbocycles. The van der Waals surface area contributed by atoms with E-state index >= 15 is 0 Å². The highest BCUT2D eigenvalue weighted by Gasteiger charge is 2.30. The first kappa shape index (κ1) is 23.1. The molecule has 1 heterocycles. The Hall–Kier alpha value is -3.02. The van der Waals surface area contributed by atoms with Gasteiger partial charge in [0.05, 0.1) is 0 Å². The molecule has 1 atom stereocenters. The Morgan fingerprint density at radius 1 is 1.03 bits per heavy atom. The van der Waals surface area contributed by atoms with Crippen molar-refractivity contribution in [2.75, 3.05) is 6.79 Å². The number of ether oxygens (including phenoxy) is 2. The largest absolute Gasteiger partial charge is 0.454 e. The molecule has 2 amide bonds. The number of aryl methyl sites for hydroxylation is 2. The van der Waals surface area contributed by atoms with Crippen molar-refractivity contribution in [1.82, 2.24) is 10.2 Å². The molecular weight excluding hydrogens is 416 g/mol. The van der Waals surface area contributed by atoms with E-state index in [4.69, 9.17) is 9.47 Å². The number of fused-ring (bicyclic) bond motifs is 1. The van der Waals surface area contributed by atoms with Gasteiger partial charge in [-0.2, -0.15) is 0 Å². The molecular formula is C27H34N2O4. The van der Waals surface area contributed by atoms with Gasteiger partial charge < -0.3 is 19.7 Å². The second kappa shape index (κ2) is 10.7. The van der Waals surface area contributed by atoms with Gasteiger partial charge in [-0.25, -0.2) is 0 Å². The molecule has 2 aromatic rings. The molecule has 0 bridgehead atoms. The van der Waals surface area contributed by atoms with Crippen LogP contribution in [0.4, 0.5) is 0 Å². The maximum absolute atomic E-state index is 13.5. The summed E-state index contributed by atoms with van der Waals surface area (Å²) >= 11 is 0. The Labute approximate surface area is 196 Å². The first-order chi connectivity index (χ1) is 16.0. The molecule has 6 nitrogen and oxygen atoms in total. The Morgan fingerprint density at radius 2 is 1.73 bits per heavy atom. The van der Waals surface area contributed by atoms with Gasteiger partial charge in [0.15, 0.2) is 11.5 Å². The van der Waals surface area contributed by atoms with Crippen molar-refractivity contribution < 1.29 is 19.1 Å². The molecule has 2 aliphatic rings. The lowest BCUT2D eigenvalue weighted by molar-refractivity contribution is -0.141. The predicted molar refractivity (Wildman–Crippen MR) is 127 cm³/mol. The molecule has 1 saturated carbocycles. The van der Waals surface area contributed by atoms with Crippen LogP contribution >= 0.6 is 0 Å². The Bertz CT molecular complexity index is 967. The molecule has 0 spiro atoms. The van der Waals surface area contributed by atoms with E-state index in [-0.39, 0.29) is 24.6 Å². The van der Waals surface area contributed by atoms with Crippen LogP contribution in [-0.2, 0) is 22.6 Å². The smallest absolute Gasteiger partial charge is 0.243 e. The van der Waals surface area contributed by atoms with E-state index in [0.29, 0.717) is 25.8 Å². The van der Waals surface area contributed by atoms with Crippen molar-refractivity contribution in [2.45, 2.75) is 77.4 Å². The SMILES string of the molecule is CCC(C(=O)NC1CCCC1)N(Cc1ccc(C)cc1)C(=O)CCc1ccc2c(c1)OCO2. The van der Waals surface area contributed by atoms with E-state index in [2.05, 4.69) is 5.32 Å². The Balaban J connectivity index is 1.48. The number of rotatable bonds is 9. The van der Waals surface area contributed by atoms with Gasteiger partial charge in [-0.1, -0.05) is 55.7 Å². The van der Waals surface area contributed by atoms with Gasteiger partial charge in [-0.05, 0) is 55.9 Å². The second-order valence-electron chi connectivity index (χ2n) is 9.11. The zero-order chi connectivity index (χ0) is 23.2. The molecule has 33 heavy (non-hydrogen) atoms. The number of nitrogens with zero attached hydrogens (tertiary/aromatic N) is 1. The maximum Gasteiger partial charge on any atom is 0.243 e. The van der Waals surface area contributed by atoms with Crippen molar-refractivity contribution in [1.29, 1.82) is 0 Å². The third-order valence-electron chi connectivity index (χ3n) is 6.63. The number of carbonyl (C=O) groups excluding carboxylic acids is 2.